The minimum absolute atomic E-state index is 0.0000808. The summed E-state index contributed by atoms with van der Waals surface area (Å²) in [6.07, 6.45) is 2.54. The molecule has 2 aromatic carbocycles. The van der Waals surface area contributed by atoms with Crippen LogP contribution in [-0.4, -0.2) is 20.3 Å². The summed E-state index contributed by atoms with van der Waals surface area (Å²) in [4.78, 5) is 29.3. The van der Waals surface area contributed by atoms with Crippen LogP contribution in [0.15, 0.2) is 82.6 Å². The highest BCUT2D eigenvalue weighted by Crippen LogP contribution is 2.46. The number of para-hydroxylation sites is 2. The highest BCUT2D eigenvalue weighted by atomic mass is 16.6. The summed E-state index contributed by atoms with van der Waals surface area (Å²) in [5.41, 5.74) is 3.75. The van der Waals surface area contributed by atoms with Gasteiger partial charge < -0.3 is 9.73 Å². The van der Waals surface area contributed by atoms with Crippen LogP contribution in [-0.2, 0) is 4.79 Å². The van der Waals surface area contributed by atoms with Crippen LogP contribution in [0.1, 0.15) is 36.1 Å². The number of aromatic nitrogens is 2. The first-order valence-electron chi connectivity index (χ1n) is 10.4. The number of nitrogens with zero attached hydrogens (tertiary/aromatic N) is 3. The van der Waals surface area contributed by atoms with E-state index in [2.05, 4.69) is 5.32 Å². The van der Waals surface area contributed by atoms with Crippen molar-refractivity contribution in [2.75, 3.05) is 5.32 Å². The van der Waals surface area contributed by atoms with Gasteiger partial charge in [0.15, 0.2) is 5.78 Å². The van der Waals surface area contributed by atoms with Gasteiger partial charge in [-0.3, -0.25) is 19.5 Å². The molecular formula is C24H18N4O4. The lowest BCUT2D eigenvalue weighted by Crippen LogP contribution is -2.33. The predicted octanol–water partition coefficient (Wildman–Crippen LogP) is 4.95. The Morgan fingerprint density at radius 3 is 2.78 bits per heavy atom. The Hall–Kier alpha value is -4.20. The monoisotopic (exact) mass is 426 g/mol. The van der Waals surface area contributed by atoms with Crippen molar-refractivity contribution in [3.8, 4) is 0 Å². The third-order valence-electron chi connectivity index (χ3n) is 6.24. The number of non-ortho nitro benzene ring substituents is 1. The summed E-state index contributed by atoms with van der Waals surface area (Å²) >= 11 is 0. The van der Waals surface area contributed by atoms with Crippen LogP contribution < -0.4 is 5.32 Å². The van der Waals surface area contributed by atoms with Gasteiger partial charge in [0.2, 0.25) is 5.95 Å². The van der Waals surface area contributed by atoms with Gasteiger partial charge in [-0.15, -0.1) is 0 Å². The second kappa shape index (κ2) is 6.91. The van der Waals surface area contributed by atoms with Crippen molar-refractivity contribution >= 4 is 28.5 Å². The number of rotatable bonds is 3. The first-order chi connectivity index (χ1) is 15.6. The molecule has 0 saturated carbocycles. The molecule has 8 nitrogen and oxygen atoms in total. The Morgan fingerprint density at radius 2 is 1.97 bits per heavy atom. The third-order valence-corrected chi connectivity index (χ3v) is 6.24. The van der Waals surface area contributed by atoms with Gasteiger partial charge in [0.05, 0.1) is 28.3 Å². The van der Waals surface area contributed by atoms with Crippen molar-refractivity contribution in [1.29, 1.82) is 0 Å². The molecule has 6 rings (SSSR count). The van der Waals surface area contributed by atoms with Gasteiger partial charge in [0.1, 0.15) is 5.76 Å². The number of nitro benzene ring substituents is 1. The third kappa shape index (κ3) is 2.76. The maximum absolute atomic E-state index is 13.5. The lowest BCUT2D eigenvalue weighted by atomic mass is 9.79. The first-order valence-corrected chi connectivity index (χ1v) is 10.4. The van der Waals surface area contributed by atoms with Crippen molar-refractivity contribution in [1.82, 2.24) is 9.55 Å². The van der Waals surface area contributed by atoms with Gasteiger partial charge in [-0.1, -0.05) is 24.3 Å². The van der Waals surface area contributed by atoms with E-state index in [4.69, 9.17) is 9.40 Å². The van der Waals surface area contributed by atoms with E-state index < -0.39 is 11.0 Å². The van der Waals surface area contributed by atoms with Crippen molar-refractivity contribution < 1.29 is 14.1 Å². The molecule has 0 saturated heterocycles. The molecule has 2 aliphatic rings. The van der Waals surface area contributed by atoms with E-state index in [1.54, 1.807) is 18.4 Å². The lowest BCUT2D eigenvalue weighted by molar-refractivity contribution is -0.384. The molecule has 0 spiro atoms. The standard InChI is InChI=1S/C24H18N4O4/c29-20-13-15(21-9-4-10-32-21)12-18-22(20)23(14-5-3-6-16(11-14)28(30)31)27-19-8-2-1-7-17(19)25-24(27)26-18/h1-11,15,23H,12-13H2,(H,25,26)/t15-,23-/m0/s1. The van der Waals surface area contributed by atoms with E-state index in [1.807, 2.05) is 47.0 Å². The van der Waals surface area contributed by atoms with Crippen molar-refractivity contribution in [2.24, 2.45) is 0 Å². The fourth-order valence-corrected chi connectivity index (χ4v) is 4.87. The van der Waals surface area contributed by atoms with Gasteiger partial charge in [-0.05, 0) is 36.2 Å². The number of allylic oxidation sites excluding steroid dienone is 2. The Bertz CT molecular complexity index is 1420. The summed E-state index contributed by atoms with van der Waals surface area (Å²) in [6.45, 7) is 0. The SMILES string of the molecule is O=C1C[C@@H](c2ccco2)CC2=C1[C@H](c1cccc([N+](=O)[O-])c1)n1c(nc3ccccc31)N2. The van der Waals surface area contributed by atoms with Crippen LogP contribution >= 0.6 is 0 Å². The molecule has 3 heterocycles. The van der Waals surface area contributed by atoms with Gasteiger partial charge in [-0.2, -0.15) is 0 Å². The topological polar surface area (TPSA) is 103 Å². The second-order valence-electron chi connectivity index (χ2n) is 8.11. The summed E-state index contributed by atoms with van der Waals surface area (Å²) in [5.74, 6) is 1.33. The van der Waals surface area contributed by atoms with Crippen molar-refractivity contribution in [3.05, 3.63) is 99.6 Å². The van der Waals surface area contributed by atoms with Crippen LogP contribution in [0.3, 0.4) is 0 Å². The number of hydrogen-bond donors (Lipinski definition) is 1. The molecule has 0 fully saturated rings. The molecule has 0 amide bonds. The Labute approximate surface area is 182 Å². The number of anilines is 1. The predicted molar refractivity (Wildman–Crippen MR) is 117 cm³/mol. The van der Waals surface area contributed by atoms with E-state index in [0.29, 0.717) is 29.9 Å². The maximum atomic E-state index is 13.5. The minimum Gasteiger partial charge on any atom is -0.469 e. The fourth-order valence-electron chi connectivity index (χ4n) is 4.87. The number of benzene rings is 2. The van der Waals surface area contributed by atoms with E-state index in [9.17, 15) is 14.9 Å². The fraction of sp³-hybridized carbons (Fsp3) is 0.167. The molecule has 32 heavy (non-hydrogen) atoms. The number of hydrogen-bond acceptors (Lipinski definition) is 6. The quantitative estimate of drug-likeness (QED) is 0.367. The molecule has 1 aliphatic carbocycles. The number of carbonyl (C=O) groups excluding carboxylic acids is 1. The summed E-state index contributed by atoms with van der Waals surface area (Å²) in [6, 6.07) is 17.4. The Morgan fingerprint density at radius 1 is 1.09 bits per heavy atom. The summed E-state index contributed by atoms with van der Waals surface area (Å²) in [7, 11) is 0. The molecule has 0 bridgehead atoms. The molecule has 2 atom stereocenters. The number of carbonyl (C=O) groups is 1. The summed E-state index contributed by atoms with van der Waals surface area (Å²) in [5, 5.41) is 14.8. The summed E-state index contributed by atoms with van der Waals surface area (Å²) < 4.78 is 7.54. The normalized spacial score (nSPS) is 20.1. The highest BCUT2D eigenvalue weighted by molar-refractivity contribution is 6.01. The number of imidazole rings is 1. The molecule has 0 unspecified atom stereocenters. The zero-order valence-corrected chi connectivity index (χ0v) is 16.9. The van der Waals surface area contributed by atoms with Crippen LogP contribution in [0.2, 0.25) is 0 Å². The Balaban J connectivity index is 1.56. The Kier molecular flexibility index (Phi) is 4.01. The van der Waals surface area contributed by atoms with Gasteiger partial charge in [-0.25, -0.2) is 4.98 Å². The zero-order chi connectivity index (χ0) is 21.8. The molecule has 2 aromatic heterocycles. The first kappa shape index (κ1) is 18.6. The second-order valence-corrected chi connectivity index (χ2v) is 8.11. The average molecular weight is 426 g/mol. The van der Waals surface area contributed by atoms with Crippen LogP contribution in [0, 0.1) is 10.1 Å². The zero-order valence-electron chi connectivity index (χ0n) is 16.9. The van der Waals surface area contributed by atoms with Crippen molar-refractivity contribution in [2.45, 2.75) is 24.8 Å². The molecule has 8 heteroatoms. The van der Waals surface area contributed by atoms with Gasteiger partial charge in [0, 0.05) is 35.7 Å². The lowest BCUT2D eigenvalue weighted by Gasteiger charge is -2.35. The smallest absolute Gasteiger partial charge is 0.269 e. The molecule has 158 valence electrons. The number of Topliss-reactive ketones (excluding diaryl/α,β-unsaturated/α-hetero) is 1. The molecule has 0 radical (unpaired) electrons. The van der Waals surface area contributed by atoms with E-state index in [-0.39, 0.29) is 17.4 Å². The van der Waals surface area contributed by atoms with Crippen molar-refractivity contribution in [3.63, 3.8) is 0 Å². The molecule has 1 aliphatic heterocycles. The van der Waals surface area contributed by atoms with E-state index in [1.165, 1.54) is 6.07 Å². The number of ketones is 1. The highest BCUT2D eigenvalue weighted by Gasteiger charge is 2.40. The van der Waals surface area contributed by atoms with Crippen LogP contribution in [0.4, 0.5) is 11.6 Å². The number of fused-ring (bicyclic) bond motifs is 3. The number of nitrogens with one attached hydrogen (secondary N) is 1. The average Bonchev–Trinajstić information content (AvgIpc) is 3.45. The number of furan rings is 1. The largest absolute Gasteiger partial charge is 0.469 e. The van der Waals surface area contributed by atoms with Gasteiger partial charge in [0.25, 0.3) is 5.69 Å². The van der Waals surface area contributed by atoms with E-state index >= 15 is 0 Å². The van der Waals surface area contributed by atoms with Crippen LogP contribution in [0.25, 0.3) is 11.0 Å². The van der Waals surface area contributed by atoms with Crippen LogP contribution in [0.5, 0.6) is 0 Å². The molecule has 1 N–H and O–H groups in total. The maximum Gasteiger partial charge on any atom is 0.269 e. The minimum atomic E-state index is -0.501. The molecular weight excluding hydrogens is 408 g/mol. The van der Waals surface area contributed by atoms with Gasteiger partial charge >= 0.3 is 0 Å². The van der Waals surface area contributed by atoms with E-state index in [0.717, 1.165) is 22.5 Å². The number of nitro groups is 1. The molecule has 4 aromatic rings.